The maximum atomic E-state index is 14.4. The summed E-state index contributed by atoms with van der Waals surface area (Å²) in [5, 5.41) is 24.9. The second kappa shape index (κ2) is 11.2. The Morgan fingerprint density at radius 1 is 1.23 bits per heavy atom. The minimum atomic E-state index is -0.881. The van der Waals surface area contributed by atoms with E-state index in [2.05, 4.69) is 37.1 Å². The number of benzene rings is 2. The number of piperazine rings is 1. The minimum absolute atomic E-state index is 0.0218. The van der Waals surface area contributed by atoms with E-state index in [0.717, 1.165) is 40.2 Å². The number of alkyl halides is 1. The lowest BCUT2D eigenvalue weighted by Gasteiger charge is -2.37. The molecule has 12 heteroatoms. The van der Waals surface area contributed by atoms with Crippen LogP contribution in [0, 0.1) is 11.3 Å². The summed E-state index contributed by atoms with van der Waals surface area (Å²) < 4.78 is 21.5. The number of nitrogens with zero attached hydrogens (tertiary/aromatic N) is 6. The molecule has 7 rings (SSSR count). The van der Waals surface area contributed by atoms with E-state index in [4.69, 9.17) is 14.7 Å². The van der Waals surface area contributed by atoms with Gasteiger partial charge in [-0.2, -0.15) is 15.2 Å². The Morgan fingerprint density at radius 3 is 2.98 bits per heavy atom. The van der Waals surface area contributed by atoms with Crippen LogP contribution >= 0.6 is 15.9 Å². The Kier molecular flexibility index (Phi) is 7.35. The standard InChI is InChI=1S/C31H33BrFN7O3/c32-24-4-1-3-19-13-22(41)14-25(26(19)24)40-11-6-23-27(29(40)42)36-30(37-28(23)38-12-9-35-21(17-38)5-8-34)43-18-31-7-2-10-39(31)16-20(33)15-31/h1,3-4,13-14,20-21,35,41H,2,5-7,9-12,15-18H2/t20-,21+,31+/m1/s1. The molecule has 1 aromatic heterocycles. The third-order valence-corrected chi connectivity index (χ3v) is 9.96. The number of nitriles is 1. The monoisotopic (exact) mass is 649 g/mol. The van der Waals surface area contributed by atoms with Crippen molar-refractivity contribution in [3.05, 3.63) is 46.1 Å². The van der Waals surface area contributed by atoms with E-state index in [9.17, 15) is 19.6 Å². The van der Waals surface area contributed by atoms with Crippen molar-refractivity contribution in [1.29, 1.82) is 5.26 Å². The molecule has 0 aliphatic carbocycles. The topological polar surface area (TPSA) is 118 Å². The van der Waals surface area contributed by atoms with Crippen molar-refractivity contribution in [2.45, 2.75) is 49.9 Å². The predicted octanol–water partition coefficient (Wildman–Crippen LogP) is 3.95. The lowest BCUT2D eigenvalue weighted by Crippen LogP contribution is -2.51. The van der Waals surface area contributed by atoms with Crippen LogP contribution in [-0.4, -0.2) is 89.5 Å². The minimum Gasteiger partial charge on any atom is -0.508 e. The van der Waals surface area contributed by atoms with Crippen molar-refractivity contribution in [3.63, 3.8) is 0 Å². The fourth-order valence-electron chi connectivity index (χ4n) is 7.34. The lowest BCUT2D eigenvalue weighted by atomic mass is 9.95. The molecule has 2 N–H and O–H groups in total. The number of anilines is 2. The van der Waals surface area contributed by atoms with Gasteiger partial charge in [0.25, 0.3) is 5.91 Å². The van der Waals surface area contributed by atoms with E-state index in [0.29, 0.717) is 63.5 Å². The normalized spacial score (nSPS) is 25.6. The zero-order valence-electron chi connectivity index (χ0n) is 23.7. The Labute approximate surface area is 257 Å². The number of rotatable bonds is 6. The van der Waals surface area contributed by atoms with Gasteiger partial charge in [-0.05, 0) is 43.3 Å². The molecule has 3 saturated heterocycles. The van der Waals surface area contributed by atoms with Gasteiger partial charge in [-0.3, -0.25) is 9.69 Å². The number of hydrogen-bond acceptors (Lipinski definition) is 9. The first-order valence-corrected chi connectivity index (χ1v) is 15.7. The number of amides is 1. The molecule has 2 aromatic carbocycles. The molecule has 5 heterocycles. The number of carbonyl (C=O) groups is 1. The third-order valence-electron chi connectivity index (χ3n) is 9.30. The van der Waals surface area contributed by atoms with Crippen LogP contribution in [0.5, 0.6) is 11.8 Å². The van der Waals surface area contributed by atoms with Crippen LogP contribution in [0.1, 0.15) is 41.7 Å². The van der Waals surface area contributed by atoms with Crippen LogP contribution in [-0.2, 0) is 6.42 Å². The molecule has 0 bridgehead atoms. The fourth-order valence-corrected chi connectivity index (χ4v) is 7.92. The number of hydrogen-bond donors (Lipinski definition) is 2. The van der Waals surface area contributed by atoms with Crippen molar-refractivity contribution < 1.29 is 19.0 Å². The number of fused-ring (bicyclic) bond motifs is 3. The van der Waals surface area contributed by atoms with Crippen LogP contribution in [0.15, 0.2) is 34.8 Å². The number of aromatic nitrogens is 2. The van der Waals surface area contributed by atoms with E-state index >= 15 is 0 Å². The number of carbonyl (C=O) groups excluding carboxylic acids is 1. The molecule has 4 aliphatic heterocycles. The number of halogens is 2. The quantitative estimate of drug-likeness (QED) is 0.409. The molecule has 4 aliphatic rings. The van der Waals surface area contributed by atoms with Crippen molar-refractivity contribution in [1.82, 2.24) is 20.2 Å². The summed E-state index contributed by atoms with van der Waals surface area (Å²) in [5.41, 5.74) is 1.23. The highest BCUT2D eigenvalue weighted by molar-refractivity contribution is 9.10. The first-order valence-electron chi connectivity index (χ1n) is 14.9. The molecule has 43 heavy (non-hydrogen) atoms. The molecular formula is C31H33BrFN7O3. The summed E-state index contributed by atoms with van der Waals surface area (Å²) in [6.07, 6.45) is 2.26. The van der Waals surface area contributed by atoms with Gasteiger partial charge in [0.2, 0.25) is 0 Å². The van der Waals surface area contributed by atoms with Crippen molar-refractivity contribution >= 4 is 44.1 Å². The van der Waals surface area contributed by atoms with Gasteiger partial charge in [0.05, 0.1) is 23.7 Å². The predicted molar refractivity (Wildman–Crippen MR) is 164 cm³/mol. The number of nitrogens with one attached hydrogen (secondary N) is 1. The molecule has 0 unspecified atom stereocenters. The van der Waals surface area contributed by atoms with Gasteiger partial charge < -0.3 is 25.0 Å². The van der Waals surface area contributed by atoms with Crippen molar-refractivity contribution in [2.75, 3.05) is 55.7 Å². The van der Waals surface area contributed by atoms with Gasteiger partial charge in [0.1, 0.15) is 30.0 Å². The maximum Gasteiger partial charge on any atom is 0.319 e. The molecular weight excluding hydrogens is 617 g/mol. The third kappa shape index (κ3) is 5.07. The SMILES string of the molecule is N#CC[C@H]1CN(c2nc(OC[C@@]34CCCN3C[C@H](F)C4)nc3c2CCN(c2cc(O)cc4cccc(Br)c24)C3=O)CCN1. The molecule has 0 radical (unpaired) electrons. The maximum absolute atomic E-state index is 14.4. The molecule has 3 aromatic rings. The Morgan fingerprint density at radius 2 is 2.12 bits per heavy atom. The van der Waals surface area contributed by atoms with Gasteiger partial charge in [0, 0.05) is 66.7 Å². The van der Waals surface area contributed by atoms with E-state index < -0.39 is 6.17 Å². The highest BCUT2D eigenvalue weighted by Gasteiger charge is 2.49. The summed E-state index contributed by atoms with van der Waals surface area (Å²) in [4.78, 5) is 29.8. The second-order valence-electron chi connectivity index (χ2n) is 12.0. The van der Waals surface area contributed by atoms with Crippen molar-refractivity contribution in [2.24, 2.45) is 0 Å². The summed E-state index contributed by atoms with van der Waals surface area (Å²) in [7, 11) is 0. The Hall–Kier alpha value is -3.53. The molecule has 0 spiro atoms. The number of aromatic hydroxyl groups is 1. The summed E-state index contributed by atoms with van der Waals surface area (Å²) in [6.45, 7) is 3.82. The molecule has 3 fully saturated rings. The zero-order chi connectivity index (χ0) is 29.7. The zero-order valence-corrected chi connectivity index (χ0v) is 25.3. The number of phenolic OH excluding ortho intramolecular Hbond substituents is 1. The fraction of sp³-hybridized carbons (Fsp3) is 0.484. The Balaban J connectivity index is 1.27. The Bertz CT molecular complexity index is 1630. The van der Waals surface area contributed by atoms with E-state index in [1.54, 1.807) is 17.0 Å². The van der Waals surface area contributed by atoms with Gasteiger partial charge in [-0.15, -0.1) is 0 Å². The van der Waals surface area contributed by atoms with E-state index in [1.807, 2.05) is 18.2 Å². The number of ether oxygens (including phenoxy) is 1. The average molecular weight is 651 g/mol. The average Bonchev–Trinajstić information content (AvgIpc) is 3.52. The van der Waals surface area contributed by atoms with Crippen LogP contribution in [0.25, 0.3) is 10.8 Å². The molecule has 3 atom stereocenters. The molecule has 1 amide bonds. The van der Waals surface area contributed by atoms with Gasteiger partial charge in [0.15, 0.2) is 0 Å². The van der Waals surface area contributed by atoms with Crippen LogP contribution in [0.2, 0.25) is 0 Å². The van der Waals surface area contributed by atoms with Crippen LogP contribution in [0.3, 0.4) is 0 Å². The molecule has 224 valence electrons. The number of phenols is 1. The smallest absolute Gasteiger partial charge is 0.319 e. The molecule has 10 nitrogen and oxygen atoms in total. The van der Waals surface area contributed by atoms with Gasteiger partial charge in [-0.25, -0.2) is 4.39 Å². The highest BCUT2D eigenvalue weighted by Crippen LogP contribution is 2.42. The first-order chi connectivity index (χ1) is 20.8. The second-order valence-corrected chi connectivity index (χ2v) is 12.8. The van der Waals surface area contributed by atoms with Crippen LogP contribution < -0.4 is 19.9 Å². The largest absolute Gasteiger partial charge is 0.508 e. The van der Waals surface area contributed by atoms with Crippen molar-refractivity contribution in [3.8, 4) is 17.8 Å². The summed E-state index contributed by atoms with van der Waals surface area (Å²) >= 11 is 3.63. The summed E-state index contributed by atoms with van der Waals surface area (Å²) in [5.74, 6) is 0.417. The van der Waals surface area contributed by atoms with Gasteiger partial charge >= 0.3 is 6.01 Å². The lowest BCUT2D eigenvalue weighted by molar-refractivity contribution is 0.0963. The van der Waals surface area contributed by atoms with Gasteiger partial charge in [-0.1, -0.05) is 28.1 Å². The van der Waals surface area contributed by atoms with Crippen LogP contribution in [0.4, 0.5) is 15.9 Å². The first kappa shape index (κ1) is 28.3. The van der Waals surface area contributed by atoms with E-state index in [1.165, 1.54) is 0 Å². The summed E-state index contributed by atoms with van der Waals surface area (Å²) in [6, 6.07) is 11.3. The van der Waals surface area contributed by atoms with E-state index in [-0.39, 0.29) is 41.5 Å². The molecule has 0 saturated carbocycles. The highest BCUT2D eigenvalue weighted by atomic mass is 79.9.